The maximum Gasteiger partial charge on any atom is 0.397 e. The maximum atomic E-state index is 10.9. The monoisotopic (exact) mass is 483 g/mol. The molecule has 0 saturated carbocycles. The van der Waals surface area contributed by atoms with Gasteiger partial charge in [-0.25, -0.2) is 16.7 Å². The molecule has 1 radical (unpaired) electrons. The van der Waals surface area contributed by atoms with Gasteiger partial charge in [-0.2, -0.15) is 33.7 Å². The smallest absolute Gasteiger partial charge is 0.364 e. The van der Waals surface area contributed by atoms with Gasteiger partial charge < -0.3 is 4.74 Å². The molecule has 27 heavy (non-hydrogen) atoms. The minimum atomic E-state index is -5.46. The molecule has 1 fully saturated rings. The van der Waals surface area contributed by atoms with Gasteiger partial charge in [0.25, 0.3) is 0 Å². The predicted molar refractivity (Wildman–Crippen MR) is 75.9 cm³/mol. The van der Waals surface area contributed by atoms with E-state index in [0.717, 1.165) is 0 Å². The quantitative estimate of drug-likeness (QED) is 0.237. The van der Waals surface area contributed by atoms with Crippen molar-refractivity contribution in [2.24, 2.45) is 0 Å². The van der Waals surface area contributed by atoms with Gasteiger partial charge in [0.15, 0.2) is 0 Å². The summed E-state index contributed by atoms with van der Waals surface area (Å²) in [5.41, 5.74) is 0. The predicted octanol–water partition coefficient (Wildman–Crippen LogP) is -3.07. The molecule has 0 amide bonds. The third-order valence-electron chi connectivity index (χ3n) is 2.48. The van der Waals surface area contributed by atoms with Crippen LogP contribution in [0.2, 0.25) is 0 Å². The molecule has 1 rings (SSSR count). The first kappa shape index (κ1) is 24.5. The van der Waals surface area contributed by atoms with E-state index in [1.54, 1.807) is 0 Å². The van der Waals surface area contributed by atoms with Gasteiger partial charge in [0.05, 0.1) is 6.61 Å². The van der Waals surface area contributed by atoms with E-state index >= 15 is 0 Å². The Kier molecular flexibility index (Phi) is 7.65. The van der Waals surface area contributed by atoms with Crippen LogP contribution in [-0.4, -0.2) is 82.9 Å². The topological polar surface area (TPSA) is 264 Å². The van der Waals surface area contributed by atoms with Gasteiger partial charge in [0, 0.05) is 0 Å². The Bertz CT molecular complexity index is 927. The van der Waals surface area contributed by atoms with Crippen LogP contribution >= 0.6 is 0 Å². The lowest BCUT2D eigenvalue weighted by molar-refractivity contribution is -0.145. The maximum absolute atomic E-state index is 10.9. The molecule has 0 aromatic rings. The minimum absolute atomic E-state index is 0.283. The van der Waals surface area contributed by atoms with Crippen molar-refractivity contribution in [1.82, 2.24) is 0 Å². The molecule has 21 heteroatoms. The third kappa shape index (κ3) is 9.97. The van der Waals surface area contributed by atoms with Crippen LogP contribution in [0.4, 0.5) is 0 Å². The van der Waals surface area contributed by atoms with Crippen LogP contribution in [0.15, 0.2) is 0 Å². The van der Waals surface area contributed by atoms with E-state index in [0.29, 0.717) is 0 Å². The van der Waals surface area contributed by atoms with Crippen molar-refractivity contribution in [3.05, 3.63) is 6.61 Å². The summed E-state index contributed by atoms with van der Waals surface area (Å²) < 4.78 is 142. The SMILES string of the molecule is O=S(=O)(O)OC[C@H]1O[CH][C@H](OS(=O)(=O)O)[C@@H](OS(=O)(=O)O)[C@H]1OS(=O)(=O)O. The second-order valence-electron chi connectivity index (χ2n) is 4.49. The van der Waals surface area contributed by atoms with E-state index in [1.807, 2.05) is 0 Å². The Morgan fingerprint density at radius 2 is 1.15 bits per heavy atom. The van der Waals surface area contributed by atoms with Crippen molar-refractivity contribution < 1.29 is 73.4 Å². The fourth-order valence-electron chi connectivity index (χ4n) is 1.74. The highest BCUT2D eigenvalue weighted by atomic mass is 32.3. The van der Waals surface area contributed by atoms with E-state index in [1.165, 1.54) is 0 Å². The van der Waals surface area contributed by atoms with Gasteiger partial charge in [0.1, 0.15) is 31.0 Å². The minimum Gasteiger partial charge on any atom is -0.364 e. The molecule has 0 aromatic heterocycles. The molecular weight excluding hydrogens is 472 g/mol. The summed E-state index contributed by atoms with van der Waals surface area (Å²) in [6.45, 7) is -0.995. The molecule has 0 unspecified atom stereocenters. The van der Waals surface area contributed by atoms with Gasteiger partial charge in [-0.1, -0.05) is 0 Å². The number of hydrogen-bond acceptors (Lipinski definition) is 13. The van der Waals surface area contributed by atoms with Crippen LogP contribution < -0.4 is 0 Å². The summed E-state index contributed by atoms with van der Waals surface area (Å²) in [5.74, 6) is 0. The van der Waals surface area contributed by atoms with Crippen molar-refractivity contribution in [2.45, 2.75) is 24.4 Å². The fourth-order valence-corrected chi connectivity index (χ4v) is 3.50. The van der Waals surface area contributed by atoms with Crippen LogP contribution in [0, 0.1) is 6.61 Å². The Hall–Kier alpha value is -0.560. The lowest BCUT2D eigenvalue weighted by Crippen LogP contribution is -2.57. The first-order valence-electron chi connectivity index (χ1n) is 5.94. The summed E-state index contributed by atoms with van der Waals surface area (Å²) in [4.78, 5) is 0. The molecule has 4 N–H and O–H groups in total. The van der Waals surface area contributed by atoms with Crippen molar-refractivity contribution in [2.75, 3.05) is 6.61 Å². The molecule has 0 bridgehead atoms. The lowest BCUT2D eigenvalue weighted by Gasteiger charge is -2.38. The van der Waals surface area contributed by atoms with Crippen LogP contribution in [-0.2, 0) is 63.1 Å². The first-order valence-corrected chi connectivity index (χ1v) is 11.4. The fraction of sp³-hybridized carbons (Fsp3) is 0.833. The van der Waals surface area contributed by atoms with Gasteiger partial charge in [-0.3, -0.25) is 18.2 Å². The Balaban J connectivity index is 3.30. The van der Waals surface area contributed by atoms with Crippen molar-refractivity contribution >= 4 is 41.6 Å². The molecule has 0 aromatic carbocycles. The highest BCUT2D eigenvalue weighted by Gasteiger charge is 2.49. The molecule has 161 valence electrons. The van der Waals surface area contributed by atoms with Crippen molar-refractivity contribution in [3.63, 3.8) is 0 Å². The molecule has 1 aliphatic rings. The van der Waals surface area contributed by atoms with Gasteiger partial charge in [0.2, 0.25) is 0 Å². The Labute approximate surface area is 152 Å². The van der Waals surface area contributed by atoms with Crippen molar-refractivity contribution in [3.8, 4) is 0 Å². The molecule has 4 atom stereocenters. The lowest BCUT2D eigenvalue weighted by atomic mass is 10.0. The Morgan fingerprint density at radius 1 is 0.704 bits per heavy atom. The third-order valence-corrected chi connectivity index (χ3v) is 4.31. The summed E-state index contributed by atoms with van der Waals surface area (Å²) in [6.07, 6.45) is -9.23. The first-order chi connectivity index (χ1) is 11.9. The molecular formula is C6H11O17S4. The number of ether oxygens (including phenoxy) is 1. The summed E-state index contributed by atoms with van der Waals surface area (Å²) >= 11 is 0. The average Bonchev–Trinajstić information content (AvgIpc) is 2.36. The van der Waals surface area contributed by atoms with E-state index in [-0.39, 0.29) is 6.61 Å². The summed E-state index contributed by atoms with van der Waals surface area (Å²) in [5, 5.41) is 0. The van der Waals surface area contributed by atoms with Gasteiger partial charge in [-0.05, 0) is 0 Å². The zero-order valence-corrected chi connectivity index (χ0v) is 15.6. The zero-order chi connectivity index (χ0) is 21.3. The van der Waals surface area contributed by atoms with E-state index in [2.05, 4.69) is 21.5 Å². The van der Waals surface area contributed by atoms with Crippen LogP contribution in [0.3, 0.4) is 0 Å². The molecule has 1 heterocycles. The van der Waals surface area contributed by atoms with E-state index in [4.69, 9.17) is 18.2 Å². The molecule has 0 spiro atoms. The van der Waals surface area contributed by atoms with E-state index in [9.17, 15) is 33.7 Å². The van der Waals surface area contributed by atoms with Crippen LogP contribution in [0.1, 0.15) is 0 Å². The second-order valence-corrected chi connectivity index (χ2v) is 8.72. The standard InChI is InChI=1S/C6H11O17S4/c7-24(8,9)20-2-3-5(22-26(13,14)15)6(23-27(16,17)18)4(1-19-3)21-25(10,11)12/h1,3-6H,2H2,(H,7,8,9)(H,10,11,12)(H,13,14,15)(H,16,17,18)/t3-,4+,5+,6-/m1/s1. The largest absolute Gasteiger partial charge is 0.397 e. The highest BCUT2D eigenvalue weighted by Crippen LogP contribution is 2.29. The average molecular weight is 483 g/mol. The van der Waals surface area contributed by atoms with Crippen molar-refractivity contribution in [1.29, 1.82) is 0 Å². The van der Waals surface area contributed by atoms with Crippen LogP contribution in [0.5, 0.6) is 0 Å². The number of rotatable bonds is 9. The highest BCUT2D eigenvalue weighted by molar-refractivity contribution is 7.81. The molecule has 1 aliphatic heterocycles. The molecule has 0 aliphatic carbocycles. The van der Waals surface area contributed by atoms with Gasteiger partial charge in [-0.15, -0.1) is 0 Å². The van der Waals surface area contributed by atoms with Crippen LogP contribution in [0.25, 0.3) is 0 Å². The summed E-state index contributed by atoms with van der Waals surface area (Å²) in [6, 6.07) is 0. The summed E-state index contributed by atoms with van der Waals surface area (Å²) in [7, 11) is -21.4. The van der Waals surface area contributed by atoms with Gasteiger partial charge >= 0.3 is 41.6 Å². The Morgan fingerprint density at radius 3 is 1.56 bits per heavy atom. The van der Waals surface area contributed by atoms with E-state index < -0.39 is 72.6 Å². The normalized spacial score (nSPS) is 28.1. The zero-order valence-electron chi connectivity index (χ0n) is 12.3. The molecule has 1 saturated heterocycles. The molecule has 17 nitrogen and oxygen atoms in total. The number of hydrogen-bond donors (Lipinski definition) is 4. The second kappa shape index (κ2) is 8.44.